The molecule has 0 aliphatic carbocycles. The highest BCUT2D eigenvalue weighted by Gasteiger charge is 2.12. The van der Waals surface area contributed by atoms with Crippen LogP contribution < -0.4 is 11.3 Å². The Morgan fingerprint density at radius 3 is 2.84 bits per heavy atom. The Balaban J connectivity index is 2.24. The van der Waals surface area contributed by atoms with Gasteiger partial charge in [0.2, 0.25) is 0 Å². The SMILES string of the molecule is NNc1nc(-c2ccc(F)cc2Cl)nc2sccc12. The van der Waals surface area contributed by atoms with Crippen molar-refractivity contribution in [1.29, 1.82) is 0 Å². The first-order chi connectivity index (χ1) is 9.19. The highest BCUT2D eigenvalue weighted by Crippen LogP contribution is 2.31. The minimum absolute atomic E-state index is 0.263. The summed E-state index contributed by atoms with van der Waals surface area (Å²) in [6.45, 7) is 0. The average Bonchev–Trinajstić information content (AvgIpc) is 2.85. The fourth-order valence-electron chi connectivity index (χ4n) is 1.76. The summed E-state index contributed by atoms with van der Waals surface area (Å²) in [7, 11) is 0. The first kappa shape index (κ1) is 12.3. The number of hydrazine groups is 1. The lowest BCUT2D eigenvalue weighted by molar-refractivity contribution is 0.628. The molecular formula is C12H8ClFN4S. The molecule has 0 amide bonds. The van der Waals surface area contributed by atoms with E-state index in [0.29, 0.717) is 17.2 Å². The molecule has 0 bridgehead atoms. The highest BCUT2D eigenvalue weighted by atomic mass is 35.5. The molecular weight excluding hydrogens is 287 g/mol. The van der Waals surface area contributed by atoms with E-state index in [2.05, 4.69) is 15.4 Å². The number of benzene rings is 1. The Bertz CT molecular complexity index is 759. The lowest BCUT2D eigenvalue weighted by atomic mass is 10.2. The molecule has 0 atom stereocenters. The molecule has 0 fully saturated rings. The van der Waals surface area contributed by atoms with Crippen molar-refractivity contribution in [3.8, 4) is 11.4 Å². The maximum Gasteiger partial charge on any atom is 0.164 e. The Morgan fingerprint density at radius 2 is 2.11 bits per heavy atom. The van der Waals surface area contributed by atoms with Crippen LogP contribution in [-0.4, -0.2) is 9.97 Å². The molecule has 7 heteroatoms. The predicted octanol–water partition coefficient (Wildman–Crippen LogP) is 3.44. The molecule has 2 heterocycles. The molecule has 0 saturated heterocycles. The number of thiophene rings is 1. The van der Waals surface area contributed by atoms with Gasteiger partial charge in [-0.25, -0.2) is 20.2 Å². The van der Waals surface area contributed by atoms with Crippen LogP contribution in [0.2, 0.25) is 5.02 Å². The van der Waals surface area contributed by atoms with Gasteiger partial charge in [-0.2, -0.15) is 0 Å². The number of anilines is 1. The van der Waals surface area contributed by atoms with Gasteiger partial charge in [-0.1, -0.05) is 11.6 Å². The second-order valence-electron chi connectivity index (χ2n) is 3.80. The monoisotopic (exact) mass is 294 g/mol. The van der Waals surface area contributed by atoms with Crippen LogP contribution in [0.3, 0.4) is 0 Å². The van der Waals surface area contributed by atoms with Gasteiger partial charge in [0.1, 0.15) is 10.6 Å². The van der Waals surface area contributed by atoms with E-state index in [1.165, 1.54) is 23.5 Å². The summed E-state index contributed by atoms with van der Waals surface area (Å²) in [6, 6.07) is 5.98. The third-order valence-corrected chi connectivity index (χ3v) is 3.75. The summed E-state index contributed by atoms with van der Waals surface area (Å²) < 4.78 is 13.1. The molecule has 1 aromatic carbocycles. The molecule has 4 nitrogen and oxygen atoms in total. The van der Waals surface area contributed by atoms with Crippen molar-refractivity contribution in [3.05, 3.63) is 40.5 Å². The number of aromatic nitrogens is 2. The van der Waals surface area contributed by atoms with Gasteiger partial charge < -0.3 is 5.43 Å². The van der Waals surface area contributed by atoms with Crippen LogP contribution in [0.25, 0.3) is 21.6 Å². The van der Waals surface area contributed by atoms with E-state index in [0.717, 1.165) is 10.2 Å². The Morgan fingerprint density at radius 1 is 1.26 bits per heavy atom. The van der Waals surface area contributed by atoms with Crippen LogP contribution in [0.1, 0.15) is 0 Å². The highest BCUT2D eigenvalue weighted by molar-refractivity contribution is 7.16. The van der Waals surface area contributed by atoms with Crippen LogP contribution in [0.5, 0.6) is 0 Å². The van der Waals surface area contributed by atoms with Gasteiger partial charge in [0.05, 0.1) is 10.4 Å². The van der Waals surface area contributed by atoms with Gasteiger partial charge in [-0.15, -0.1) is 11.3 Å². The summed E-state index contributed by atoms with van der Waals surface area (Å²) in [5, 5.41) is 3.00. The van der Waals surface area contributed by atoms with Crippen molar-refractivity contribution in [2.75, 3.05) is 5.43 Å². The standard InChI is InChI=1S/C12H8ClFN4S/c13-9-5-6(14)1-2-7(9)10-16-11(18-15)8-3-4-19-12(8)17-10/h1-5H,15H2,(H,16,17,18). The van der Waals surface area contributed by atoms with Crippen LogP contribution in [-0.2, 0) is 0 Å². The third kappa shape index (κ3) is 2.14. The van der Waals surface area contributed by atoms with Crippen molar-refractivity contribution in [2.45, 2.75) is 0 Å². The van der Waals surface area contributed by atoms with E-state index in [4.69, 9.17) is 17.4 Å². The van der Waals surface area contributed by atoms with Gasteiger partial charge in [0, 0.05) is 5.56 Å². The smallest absolute Gasteiger partial charge is 0.164 e. The van der Waals surface area contributed by atoms with Crippen LogP contribution in [0, 0.1) is 5.82 Å². The Hall–Kier alpha value is -1.76. The first-order valence-electron chi connectivity index (χ1n) is 5.36. The quantitative estimate of drug-likeness (QED) is 0.561. The van der Waals surface area contributed by atoms with E-state index in [9.17, 15) is 4.39 Å². The van der Waals surface area contributed by atoms with Crippen molar-refractivity contribution in [3.63, 3.8) is 0 Å². The fraction of sp³-hybridized carbons (Fsp3) is 0. The van der Waals surface area contributed by atoms with Crippen molar-refractivity contribution in [2.24, 2.45) is 5.84 Å². The number of nitrogens with one attached hydrogen (secondary N) is 1. The number of fused-ring (bicyclic) bond motifs is 1. The molecule has 3 aromatic rings. The zero-order valence-corrected chi connectivity index (χ0v) is 11.1. The van der Waals surface area contributed by atoms with E-state index in [1.807, 2.05) is 11.4 Å². The van der Waals surface area contributed by atoms with Gasteiger partial charge in [-0.3, -0.25) is 0 Å². The number of nitrogen functional groups attached to an aromatic ring is 1. The van der Waals surface area contributed by atoms with Gasteiger partial charge in [0.15, 0.2) is 11.6 Å². The molecule has 0 unspecified atom stereocenters. The number of hydrogen-bond acceptors (Lipinski definition) is 5. The largest absolute Gasteiger partial charge is 0.308 e. The zero-order valence-electron chi connectivity index (χ0n) is 9.52. The van der Waals surface area contributed by atoms with Crippen molar-refractivity contribution in [1.82, 2.24) is 9.97 Å². The van der Waals surface area contributed by atoms with Crippen molar-refractivity contribution < 1.29 is 4.39 Å². The molecule has 19 heavy (non-hydrogen) atoms. The van der Waals surface area contributed by atoms with Crippen LogP contribution in [0.15, 0.2) is 29.6 Å². The third-order valence-electron chi connectivity index (χ3n) is 2.63. The Labute approximate surface area is 117 Å². The normalized spacial score (nSPS) is 10.9. The molecule has 3 N–H and O–H groups in total. The van der Waals surface area contributed by atoms with E-state index in [1.54, 1.807) is 6.07 Å². The van der Waals surface area contributed by atoms with E-state index >= 15 is 0 Å². The maximum absolute atomic E-state index is 13.1. The summed E-state index contributed by atoms with van der Waals surface area (Å²) in [6.07, 6.45) is 0. The molecule has 0 aliphatic rings. The van der Waals surface area contributed by atoms with E-state index in [-0.39, 0.29) is 5.02 Å². The second kappa shape index (κ2) is 4.73. The lowest BCUT2D eigenvalue weighted by Gasteiger charge is -2.06. The molecule has 0 saturated carbocycles. The maximum atomic E-state index is 13.1. The minimum Gasteiger partial charge on any atom is -0.308 e. The number of nitrogens with two attached hydrogens (primary N) is 1. The van der Waals surface area contributed by atoms with Crippen LogP contribution in [0.4, 0.5) is 10.2 Å². The summed E-state index contributed by atoms with van der Waals surface area (Å²) in [4.78, 5) is 9.50. The molecule has 0 radical (unpaired) electrons. The number of hydrogen-bond donors (Lipinski definition) is 2. The Kier molecular flexibility index (Phi) is 3.06. The number of nitrogens with zero attached hydrogens (tertiary/aromatic N) is 2. The first-order valence-corrected chi connectivity index (χ1v) is 6.62. The van der Waals surface area contributed by atoms with Gasteiger partial charge in [0.25, 0.3) is 0 Å². The van der Waals surface area contributed by atoms with Crippen LogP contribution >= 0.6 is 22.9 Å². The van der Waals surface area contributed by atoms with E-state index < -0.39 is 5.82 Å². The topological polar surface area (TPSA) is 63.8 Å². The molecule has 0 aliphatic heterocycles. The number of rotatable bonds is 2. The average molecular weight is 295 g/mol. The van der Waals surface area contributed by atoms with Gasteiger partial charge in [-0.05, 0) is 29.6 Å². The second-order valence-corrected chi connectivity index (χ2v) is 5.11. The predicted molar refractivity (Wildman–Crippen MR) is 75.6 cm³/mol. The summed E-state index contributed by atoms with van der Waals surface area (Å²) in [5.74, 6) is 5.98. The molecule has 3 rings (SSSR count). The lowest BCUT2D eigenvalue weighted by Crippen LogP contribution is -2.09. The summed E-state index contributed by atoms with van der Waals surface area (Å²) >= 11 is 7.49. The molecule has 96 valence electrons. The minimum atomic E-state index is -0.400. The zero-order chi connectivity index (χ0) is 13.4. The number of halogens is 2. The summed E-state index contributed by atoms with van der Waals surface area (Å²) in [5.41, 5.74) is 3.10. The van der Waals surface area contributed by atoms with Crippen molar-refractivity contribution >= 4 is 39.0 Å². The fourth-order valence-corrected chi connectivity index (χ4v) is 2.77. The molecule has 2 aromatic heterocycles. The molecule has 0 spiro atoms. The van der Waals surface area contributed by atoms with Gasteiger partial charge >= 0.3 is 0 Å².